The summed E-state index contributed by atoms with van der Waals surface area (Å²) in [5.41, 5.74) is 0. The Labute approximate surface area is 155 Å². The maximum atomic E-state index is 12.4. The standard InChI is InChI=1S/C19H30N6O/c26-19(22-16-6-3-1-2-4-7-16)25-14-17(15-25)23-10-12-24(13-11-23)18-20-8-5-9-21-18/h5,8-9,16-17H,1-4,6-7,10-15H2,(H,22,26). The van der Waals surface area contributed by atoms with Crippen LogP contribution in [0.5, 0.6) is 0 Å². The summed E-state index contributed by atoms with van der Waals surface area (Å²) in [6.07, 6.45) is 11.0. The van der Waals surface area contributed by atoms with Crippen molar-refractivity contribution < 1.29 is 4.79 Å². The van der Waals surface area contributed by atoms with E-state index in [1.165, 1.54) is 25.7 Å². The van der Waals surface area contributed by atoms with Crippen molar-refractivity contribution in [3.63, 3.8) is 0 Å². The van der Waals surface area contributed by atoms with Gasteiger partial charge < -0.3 is 15.1 Å². The Morgan fingerprint density at radius 3 is 2.27 bits per heavy atom. The average molecular weight is 358 g/mol. The summed E-state index contributed by atoms with van der Waals surface area (Å²) in [4.78, 5) is 27.8. The molecule has 0 bridgehead atoms. The first-order valence-electron chi connectivity index (χ1n) is 10.1. The maximum absolute atomic E-state index is 12.4. The fourth-order valence-electron chi connectivity index (χ4n) is 4.28. The third-order valence-electron chi connectivity index (χ3n) is 6.00. The summed E-state index contributed by atoms with van der Waals surface area (Å²) in [5.74, 6) is 0.824. The Balaban J connectivity index is 1.19. The summed E-state index contributed by atoms with van der Waals surface area (Å²) < 4.78 is 0. The van der Waals surface area contributed by atoms with Gasteiger partial charge in [0.25, 0.3) is 0 Å². The first kappa shape index (κ1) is 17.5. The lowest BCUT2D eigenvalue weighted by atomic mass is 10.1. The second kappa shape index (κ2) is 8.20. The zero-order valence-corrected chi connectivity index (χ0v) is 15.5. The third kappa shape index (κ3) is 4.09. The lowest BCUT2D eigenvalue weighted by Gasteiger charge is -2.48. The lowest BCUT2D eigenvalue weighted by molar-refractivity contribution is 0.0518. The molecule has 2 saturated heterocycles. The van der Waals surface area contributed by atoms with Crippen LogP contribution in [0.2, 0.25) is 0 Å². The number of nitrogens with zero attached hydrogens (tertiary/aromatic N) is 5. The first-order valence-corrected chi connectivity index (χ1v) is 10.1. The quantitative estimate of drug-likeness (QED) is 0.834. The number of rotatable bonds is 3. The molecule has 4 rings (SSSR count). The van der Waals surface area contributed by atoms with Crippen molar-refractivity contribution in [2.45, 2.75) is 50.6 Å². The first-order chi connectivity index (χ1) is 12.8. The molecule has 7 nitrogen and oxygen atoms in total. The van der Waals surface area contributed by atoms with Crippen LogP contribution in [-0.4, -0.2) is 77.2 Å². The molecule has 3 fully saturated rings. The van der Waals surface area contributed by atoms with Gasteiger partial charge in [0, 0.05) is 63.7 Å². The molecule has 0 aromatic carbocycles. The van der Waals surface area contributed by atoms with Gasteiger partial charge in [-0.3, -0.25) is 4.90 Å². The molecule has 2 amide bonds. The van der Waals surface area contributed by atoms with Crippen molar-refractivity contribution in [3.05, 3.63) is 18.5 Å². The molecular weight excluding hydrogens is 328 g/mol. The molecule has 3 heterocycles. The van der Waals surface area contributed by atoms with Crippen LogP contribution >= 0.6 is 0 Å². The minimum Gasteiger partial charge on any atom is -0.338 e. The van der Waals surface area contributed by atoms with Gasteiger partial charge in [0.15, 0.2) is 0 Å². The molecule has 1 N–H and O–H groups in total. The van der Waals surface area contributed by atoms with E-state index in [9.17, 15) is 4.79 Å². The van der Waals surface area contributed by atoms with Gasteiger partial charge in [-0.25, -0.2) is 14.8 Å². The molecule has 26 heavy (non-hydrogen) atoms. The van der Waals surface area contributed by atoms with Gasteiger partial charge in [-0.1, -0.05) is 25.7 Å². The number of carbonyl (C=O) groups excluding carboxylic acids is 1. The molecule has 7 heteroatoms. The van der Waals surface area contributed by atoms with Crippen LogP contribution in [0.3, 0.4) is 0 Å². The monoisotopic (exact) mass is 358 g/mol. The fourth-order valence-corrected chi connectivity index (χ4v) is 4.28. The molecule has 1 aromatic heterocycles. The number of carbonyl (C=O) groups is 1. The van der Waals surface area contributed by atoms with Crippen LogP contribution in [0, 0.1) is 0 Å². The smallest absolute Gasteiger partial charge is 0.317 e. The summed E-state index contributed by atoms with van der Waals surface area (Å²) in [6.45, 7) is 5.66. The molecule has 1 saturated carbocycles. The number of urea groups is 1. The molecule has 3 aliphatic rings. The molecule has 2 aliphatic heterocycles. The van der Waals surface area contributed by atoms with Crippen molar-refractivity contribution >= 4 is 12.0 Å². The number of hydrogen-bond acceptors (Lipinski definition) is 5. The molecule has 0 spiro atoms. The lowest BCUT2D eigenvalue weighted by Crippen LogP contribution is -2.66. The van der Waals surface area contributed by atoms with Crippen LogP contribution in [0.15, 0.2) is 18.5 Å². The highest BCUT2D eigenvalue weighted by Crippen LogP contribution is 2.21. The number of nitrogens with one attached hydrogen (secondary N) is 1. The molecule has 0 unspecified atom stereocenters. The van der Waals surface area contributed by atoms with Gasteiger partial charge in [0.05, 0.1) is 0 Å². The van der Waals surface area contributed by atoms with E-state index in [4.69, 9.17) is 0 Å². The Morgan fingerprint density at radius 2 is 1.62 bits per heavy atom. The van der Waals surface area contributed by atoms with E-state index in [-0.39, 0.29) is 6.03 Å². The van der Waals surface area contributed by atoms with Gasteiger partial charge in [0.2, 0.25) is 5.95 Å². The zero-order chi connectivity index (χ0) is 17.8. The largest absolute Gasteiger partial charge is 0.338 e. The Hall–Kier alpha value is -1.89. The topological polar surface area (TPSA) is 64.6 Å². The van der Waals surface area contributed by atoms with E-state index in [2.05, 4.69) is 25.1 Å². The Kier molecular flexibility index (Phi) is 5.53. The molecule has 1 aliphatic carbocycles. The second-order valence-electron chi connectivity index (χ2n) is 7.77. The number of piperazine rings is 1. The maximum Gasteiger partial charge on any atom is 0.317 e. The van der Waals surface area contributed by atoms with Crippen molar-refractivity contribution in [1.82, 2.24) is 25.1 Å². The summed E-state index contributed by atoms with van der Waals surface area (Å²) in [5, 5.41) is 3.26. The number of amides is 2. The number of aromatic nitrogens is 2. The third-order valence-corrected chi connectivity index (χ3v) is 6.00. The summed E-state index contributed by atoms with van der Waals surface area (Å²) in [7, 11) is 0. The molecular formula is C19H30N6O. The van der Waals surface area contributed by atoms with E-state index < -0.39 is 0 Å². The second-order valence-corrected chi connectivity index (χ2v) is 7.77. The van der Waals surface area contributed by atoms with Gasteiger partial charge in [0.1, 0.15) is 0 Å². The van der Waals surface area contributed by atoms with Crippen LogP contribution < -0.4 is 10.2 Å². The average Bonchev–Trinajstić information content (AvgIpc) is 2.90. The van der Waals surface area contributed by atoms with E-state index >= 15 is 0 Å². The minimum absolute atomic E-state index is 0.143. The van der Waals surface area contributed by atoms with Crippen molar-refractivity contribution in [2.75, 3.05) is 44.2 Å². The number of hydrogen-bond donors (Lipinski definition) is 1. The zero-order valence-electron chi connectivity index (χ0n) is 15.5. The van der Waals surface area contributed by atoms with E-state index in [1.807, 2.05) is 11.0 Å². The molecule has 0 radical (unpaired) electrons. The van der Waals surface area contributed by atoms with Crippen LogP contribution in [0.4, 0.5) is 10.7 Å². The summed E-state index contributed by atoms with van der Waals surface area (Å²) in [6, 6.07) is 2.89. The van der Waals surface area contributed by atoms with Gasteiger partial charge in [-0.2, -0.15) is 0 Å². The molecule has 1 aromatic rings. The highest BCUT2D eigenvalue weighted by molar-refractivity contribution is 5.75. The SMILES string of the molecule is O=C(NC1CCCCCC1)N1CC(N2CCN(c3ncccn3)CC2)C1. The predicted molar refractivity (Wildman–Crippen MR) is 101 cm³/mol. The van der Waals surface area contributed by atoms with E-state index in [0.29, 0.717) is 12.1 Å². The fraction of sp³-hybridized carbons (Fsp3) is 0.737. The Bertz CT molecular complexity index is 575. The van der Waals surface area contributed by atoms with Crippen molar-refractivity contribution in [3.8, 4) is 0 Å². The van der Waals surface area contributed by atoms with Crippen molar-refractivity contribution in [1.29, 1.82) is 0 Å². The molecule has 0 atom stereocenters. The van der Waals surface area contributed by atoms with Crippen molar-refractivity contribution in [2.24, 2.45) is 0 Å². The van der Waals surface area contributed by atoms with Crippen LogP contribution in [-0.2, 0) is 0 Å². The van der Waals surface area contributed by atoms with E-state index in [0.717, 1.165) is 58.1 Å². The normalized spacial score (nSPS) is 23.4. The number of anilines is 1. The van der Waals surface area contributed by atoms with Gasteiger partial charge in [-0.05, 0) is 18.9 Å². The minimum atomic E-state index is 0.143. The van der Waals surface area contributed by atoms with Crippen LogP contribution in [0.25, 0.3) is 0 Å². The Morgan fingerprint density at radius 1 is 0.962 bits per heavy atom. The van der Waals surface area contributed by atoms with Gasteiger partial charge >= 0.3 is 6.03 Å². The highest BCUT2D eigenvalue weighted by atomic mass is 16.2. The highest BCUT2D eigenvalue weighted by Gasteiger charge is 2.36. The number of likely N-dealkylation sites (tertiary alicyclic amines) is 1. The van der Waals surface area contributed by atoms with E-state index in [1.54, 1.807) is 12.4 Å². The van der Waals surface area contributed by atoms with Crippen LogP contribution in [0.1, 0.15) is 38.5 Å². The van der Waals surface area contributed by atoms with Gasteiger partial charge in [-0.15, -0.1) is 0 Å². The molecule has 142 valence electrons. The predicted octanol–water partition coefficient (Wildman–Crippen LogP) is 1.72. The summed E-state index contributed by atoms with van der Waals surface area (Å²) >= 11 is 0.